The predicted molar refractivity (Wildman–Crippen MR) is 219 cm³/mol. The first-order chi connectivity index (χ1) is 26.7. The Balaban J connectivity index is 1.68. The minimum Gasteiger partial charge on any atom is -0.493 e. The lowest BCUT2D eigenvalue weighted by molar-refractivity contribution is -0.112. The summed E-state index contributed by atoms with van der Waals surface area (Å²) >= 11 is 0. The summed E-state index contributed by atoms with van der Waals surface area (Å²) in [7, 11) is 8.09. The quantitative estimate of drug-likeness (QED) is 0.0909. The summed E-state index contributed by atoms with van der Waals surface area (Å²) in [5.41, 5.74) is 3.98. The van der Waals surface area contributed by atoms with Gasteiger partial charge < -0.3 is 23.7 Å². The van der Waals surface area contributed by atoms with Crippen molar-refractivity contribution >= 4 is 20.5 Å². The van der Waals surface area contributed by atoms with E-state index < -0.39 is 11.2 Å². The van der Waals surface area contributed by atoms with Crippen LogP contribution in [0.5, 0.6) is 34.8 Å². The molecule has 0 aliphatic rings. The Bertz CT molecular complexity index is 2060. The van der Waals surface area contributed by atoms with Crippen LogP contribution in [0.25, 0.3) is 0 Å². The average molecular weight is 763 g/mol. The summed E-state index contributed by atoms with van der Waals surface area (Å²) in [6.45, 7) is 13.0. The fourth-order valence-electron chi connectivity index (χ4n) is 6.62. The summed E-state index contributed by atoms with van der Waals surface area (Å²) in [5, 5.41) is 0. The van der Waals surface area contributed by atoms with Gasteiger partial charge in [-0.1, -0.05) is 72.8 Å². The van der Waals surface area contributed by atoms with E-state index in [-0.39, 0.29) is 12.1 Å². The maximum absolute atomic E-state index is 7.95. The second-order valence-corrected chi connectivity index (χ2v) is 14.0. The number of nitrogens with zero attached hydrogens (tertiary/aromatic N) is 2. The van der Waals surface area contributed by atoms with Gasteiger partial charge in [0.25, 0.3) is 0 Å². The summed E-state index contributed by atoms with van der Waals surface area (Å²) in [4.78, 5) is 10.6. The van der Waals surface area contributed by atoms with Crippen LogP contribution in [0, 0.1) is 27.7 Å². The van der Waals surface area contributed by atoms with Crippen molar-refractivity contribution in [3.63, 3.8) is 0 Å². The number of pyridine rings is 2. The molecule has 0 spiro atoms. The lowest BCUT2D eigenvalue weighted by atomic mass is 9.84. The van der Waals surface area contributed by atoms with E-state index >= 15 is 0 Å². The smallest absolute Gasteiger partial charge is 0.222 e. The molecule has 0 saturated heterocycles. The van der Waals surface area contributed by atoms with Crippen molar-refractivity contribution in [2.45, 2.75) is 64.8 Å². The highest BCUT2D eigenvalue weighted by Crippen LogP contribution is 2.52. The van der Waals surface area contributed by atoms with Crippen molar-refractivity contribution < 1.29 is 23.7 Å². The minimum absolute atomic E-state index is 0.278. The van der Waals surface area contributed by atoms with E-state index in [1.165, 1.54) is 0 Å². The molecule has 6 rings (SSSR count). The van der Waals surface area contributed by atoms with E-state index in [1.807, 2.05) is 137 Å². The van der Waals surface area contributed by atoms with Crippen molar-refractivity contribution in [1.82, 2.24) is 9.97 Å². The SMILES string of the molecule is CCOc1ccccc1C(C[Si])(OC(C[Si])(c1cc(C)c(C)c(Oc2ccccc2)n1)c1ccccc1OCC)c1cc(C)c(C)c(Oc2ccccc2)n1. The molecule has 2 atom stereocenters. The van der Waals surface area contributed by atoms with Gasteiger partial charge in [-0.2, -0.15) is 0 Å². The van der Waals surface area contributed by atoms with E-state index in [9.17, 15) is 0 Å². The first kappa shape index (κ1) is 39.5. The Labute approximate surface area is 331 Å². The fraction of sp³-hybridized carbons (Fsp3) is 0.261. The standard InChI is InChI=1S/C46H46N2O5Si2/c1-7-49-39-25-17-15-23-37(39)45(29-54,41-27-31(3)33(5)43(47-41)51-35-19-11-9-12-20-35)53-46(30-55,38-24-16-18-26-40(38)50-8-2)42-28-32(4)34(6)44(48-42)52-36-21-13-10-14-22-36/h9-28H,7-8,29-30H2,1-6H3. The lowest BCUT2D eigenvalue weighted by Gasteiger charge is -2.45. The Morgan fingerprint density at radius 3 is 1.24 bits per heavy atom. The molecule has 6 aromatic rings. The van der Waals surface area contributed by atoms with Gasteiger partial charge >= 0.3 is 0 Å². The van der Waals surface area contributed by atoms with Gasteiger partial charge in [-0.25, -0.2) is 9.97 Å². The molecule has 2 heterocycles. The third kappa shape index (κ3) is 8.10. The van der Waals surface area contributed by atoms with E-state index in [1.54, 1.807) is 0 Å². The van der Waals surface area contributed by atoms with Gasteiger partial charge in [-0.3, -0.25) is 0 Å². The number of para-hydroxylation sites is 4. The number of hydrogen-bond acceptors (Lipinski definition) is 7. The molecule has 0 aliphatic heterocycles. The van der Waals surface area contributed by atoms with Gasteiger partial charge in [-0.15, -0.1) is 0 Å². The molecule has 0 aliphatic carbocycles. The number of rotatable bonds is 16. The highest BCUT2D eigenvalue weighted by atomic mass is 28.1. The van der Waals surface area contributed by atoms with Crippen LogP contribution in [0.3, 0.4) is 0 Å². The van der Waals surface area contributed by atoms with Crippen molar-refractivity contribution in [2.75, 3.05) is 13.2 Å². The van der Waals surface area contributed by atoms with Gasteiger partial charge in [0.15, 0.2) is 0 Å². The third-order valence-electron chi connectivity index (χ3n) is 9.81. The van der Waals surface area contributed by atoms with Crippen LogP contribution in [0.2, 0.25) is 12.1 Å². The number of benzene rings is 4. The van der Waals surface area contributed by atoms with Gasteiger partial charge in [0.05, 0.1) is 24.6 Å². The average Bonchev–Trinajstić information content (AvgIpc) is 3.21. The first-order valence-corrected chi connectivity index (χ1v) is 20.0. The molecule has 278 valence electrons. The zero-order valence-electron chi connectivity index (χ0n) is 32.3. The highest BCUT2D eigenvalue weighted by molar-refractivity contribution is 6.10. The molecule has 4 aromatic carbocycles. The number of ether oxygens (including phenoxy) is 5. The van der Waals surface area contributed by atoms with E-state index in [4.69, 9.17) is 33.7 Å². The molecule has 6 radical (unpaired) electrons. The molecule has 7 nitrogen and oxygen atoms in total. The zero-order chi connectivity index (χ0) is 39.0. The third-order valence-corrected chi connectivity index (χ3v) is 10.8. The lowest BCUT2D eigenvalue weighted by Crippen LogP contribution is -2.44. The van der Waals surface area contributed by atoms with Crippen LogP contribution in [0.15, 0.2) is 121 Å². The van der Waals surface area contributed by atoms with E-state index in [0.717, 1.165) is 33.4 Å². The summed E-state index contributed by atoms with van der Waals surface area (Å²) in [6.07, 6.45) is 0. The van der Waals surface area contributed by atoms with Crippen molar-refractivity contribution in [3.05, 3.63) is 166 Å². The maximum Gasteiger partial charge on any atom is 0.222 e. The van der Waals surface area contributed by atoms with Gasteiger partial charge in [0, 0.05) is 42.7 Å². The Morgan fingerprint density at radius 1 is 0.509 bits per heavy atom. The number of aryl methyl sites for hydroxylation is 2. The molecule has 2 aromatic heterocycles. The Hall–Kier alpha value is -5.23. The number of aromatic nitrogens is 2. The predicted octanol–water partition coefficient (Wildman–Crippen LogP) is 10.5. The van der Waals surface area contributed by atoms with Crippen LogP contribution in [-0.4, -0.2) is 43.7 Å². The van der Waals surface area contributed by atoms with Gasteiger partial charge in [-0.05, 0) is 113 Å². The monoisotopic (exact) mass is 762 g/mol. The summed E-state index contributed by atoms with van der Waals surface area (Å²) in [5.74, 6) is 3.64. The van der Waals surface area contributed by atoms with Crippen LogP contribution in [-0.2, 0) is 15.9 Å². The summed E-state index contributed by atoms with van der Waals surface area (Å²) < 4.78 is 33.6. The molecule has 55 heavy (non-hydrogen) atoms. The Morgan fingerprint density at radius 2 is 0.873 bits per heavy atom. The van der Waals surface area contributed by atoms with Crippen molar-refractivity contribution in [2.24, 2.45) is 0 Å². The van der Waals surface area contributed by atoms with Crippen LogP contribution in [0.1, 0.15) is 58.6 Å². The molecule has 0 fully saturated rings. The normalized spacial score (nSPS) is 13.4. The zero-order valence-corrected chi connectivity index (χ0v) is 34.3. The molecule has 0 N–H and O–H groups in total. The largest absolute Gasteiger partial charge is 0.493 e. The second-order valence-electron chi connectivity index (χ2n) is 13.3. The van der Waals surface area contributed by atoms with E-state index in [0.29, 0.717) is 59.4 Å². The van der Waals surface area contributed by atoms with Gasteiger partial charge in [0.2, 0.25) is 11.8 Å². The van der Waals surface area contributed by atoms with E-state index in [2.05, 4.69) is 46.5 Å². The first-order valence-electron chi connectivity index (χ1n) is 18.6. The van der Waals surface area contributed by atoms with Crippen LogP contribution < -0.4 is 18.9 Å². The van der Waals surface area contributed by atoms with Crippen molar-refractivity contribution in [3.8, 4) is 34.8 Å². The molecule has 0 saturated carbocycles. The molecule has 2 unspecified atom stereocenters. The molecular formula is C46H46N2O5Si2. The molecule has 0 bridgehead atoms. The van der Waals surface area contributed by atoms with Crippen LogP contribution >= 0.6 is 0 Å². The molecule has 9 heteroatoms. The molecular weight excluding hydrogens is 717 g/mol. The molecule has 0 amide bonds. The maximum atomic E-state index is 7.95. The topological polar surface area (TPSA) is 71.9 Å². The Kier molecular flexibility index (Phi) is 12.6. The summed E-state index contributed by atoms with van der Waals surface area (Å²) in [6, 6.07) is 40.0. The highest BCUT2D eigenvalue weighted by Gasteiger charge is 2.49. The number of hydrogen-bond donors (Lipinski definition) is 0. The minimum atomic E-state index is -1.30. The fourth-order valence-corrected chi connectivity index (χ4v) is 7.51. The van der Waals surface area contributed by atoms with Crippen molar-refractivity contribution in [1.29, 1.82) is 0 Å². The van der Waals surface area contributed by atoms with Gasteiger partial charge in [0.1, 0.15) is 34.2 Å². The second kappa shape index (κ2) is 17.5. The van der Waals surface area contributed by atoms with Crippen LogP contribution in [0.4, 0.5) is 0 Å².